The normalized spacial score (nSPS) is 22.0. The number of nitrogens with zero attached hydrogens (tertiary/aromatic N) is 1. The molecule has 0 spiro atoms. The van der Waals surface area contributed by atoms with Crippen molar-refractivity contribution in [3.63, 3.8) is 0 Å². The first-order valence-electron chi connectivity index (χ1n) is 6.63. The van der Waals surface area contributed by atoms with Gasteiger partial charge < -0.3 is 10.2 Å². The van der Waals surface area contributed by atoms with E-state index in [0.717, 1.165) is 25.8 Å². The van der Waals surface area contributed by atoms with Gasteiger partial charge in [0.1, 0.15) is 0 Å². The molecule has 1 fully saturated rings. The third-order valence-electron chi connectivity index (χ3n) is 3.38. The first kappa shape index (κ1) is 15.4. The third kappa shape index (κ3) is 4.94. The van der Waals surface area contributed by atoms with Crippen LogP contribution in [-0.2, 0) is 14.6 Å². The van der Waals surface area contributed by atoms with Crippen LogP contribution in [0, 0.1) is 0 Å². The SMILES string of the molecule is CCCCCNCC(=O)N(C)C1CCS(=O)(=O)C1. The van der Waals surface area contributed by atoms with Crippen LogP contribution in [0.3, 0.4) is 0 Å². The smallest absolute Gasteiger partial charge is 0.236 e. The van der Waals surface area contributed by atoms with E-state index in [9.17, 15) is 13.2 Å². The van der Waals surface area contributed by atoms with Gasteiger partial charge in [-0.05, 0) is 19.4 Å². The van der Waals surface area contributed by atoms with Crippen LogP contribution in [0.5, 0.6) is 0 Å². The molecule has 0 aliphatic carbocycles. The molecule has 1 saturated heterocycles. The van der Waals surface area contributed by atoms with E-state index in [-0.39, 0.29) is 23.5 Å². The van der Waals surface area contributed by atoms with Crippen LogP contribution in [0.15, 0.2) is 0 Å². The van der Waals surface area contributed by atoms with E-state index in [4.69, 9.17) is 0 Å². The summed E-state index contributed by atoms with van der Waals surface area (Å²) in [6.07, 6.45) is 3.97. The lowest BCUT2D eigenvalue weighted by atomic mass is 10.2. The van der Waals surface area contributed by atoms with E-state index in [1.165, 1.54) is 0 Å². The zero-order valence-corrected chi connectivity index (χ0v) is 12.1. The van der Waals surface area contributed by atoms with Crippen molar-refractivity contribution in [2.75, 3.05) is 31.6 Å². The fourth-order valence-corrected chi connectivity index (χ4v) is 3.88. The monoisotopic (exact) mass is 276 g/mol. The molecule has 1 heterocycles. The number of nitrogens with one attached hydrogen (secondary N) is 1. The maximum atomic E-state index is 11.8. The van der Waals surface area contributed by atoms with E-state index in [1.54, 1.807) is 11.9 Å². The average molecular weight is 276 g/mol. The van der Waals surface area contributed by atoms with Crippen LogP contribution in [0.2, 0.25) is 0 Å². The number of hydrogen-bond donors (Lipinski definition) is 1. The molecule has 1 unspecified atom stereocenters. The molecule has 1 rings (SSSR count). The molecule has 1 aliphatic rings. The highest BCUT2D eigenvalue weighted by atomic mass is 32.2. The Labute approximate surface area is 110 Å². The van der Waals surface area contributed by atoms with Crippen LogP contribution >= 0.6 is 0 Å². The van der Waals surface area contributed by atoms with Gasteiger partial charge in [0.2, 0.25) is 5.91 Å². The molecule has 18 heavy (non-hydrogen) atoms. The maximum absolute atomic E-state index is 11.8. The van der Waals surface area contributed by atoms with E-state index < -0.39 is 9.84 Å². The molecular weight excluding hydrogens is 252 g/mol. The van der Waals surface area contributed by atoms with Crippen molar-refractivity contribution in [2.24, 2.45) is 0 Å². The number of hydrogen-bond acceptors (Lipinski definition) is 4. The second-order valence-electron chi connectivity index (χ2n) is 4.95. The molecule has 0 aromatic carbocycles. The maximum Gasteiger partial charge on any atom is 0.236 e. The van der Waals surface area contributed by atoms with Crippen LogP contribution in [-0.4, -0.2) is 56.9 Å². The number of carbonyl (C=O) groups is 1. The van der Waals surface area contributed by atoms with Gasteiger partial charge in [0.15, 0.2) is 9.84 Å². The van der Waals surface area contributed by atoms with E-state index >= 15 is 0 Å². The molecule has 6 heteroatoms. The predicted octanol–water partition coefficient (Wildman–Crippen LogP) is 0.412. The first-order valence-corrected chi connectivity index (χ1v) is 8.45. The average Bonchev–Trinajstić information content (AvgIpc) is 2.68. The Bertz CT molecular complexity index is 368. The number of likely N-dealkylation sites (N-methyl/N-ethyl adjacent to an activating group) is 1. The summed E-state index contributed by atoms with van der Waals surface area (Å²) < 4.78 is 22.7. The van der Waals surface area contributed by atoms with Crippen molar-refractivity contribution in [2.45, 2.75) is 38.6 Å². The highest BCUT2D eigenvalue weighted by molar-refractivity contribution is 7.91. The molecule has 0 radical (unpaired) electrons. The van der Waals surface area contributed by atoms with Gasteiger partial charge in [-0.3, -0.25) is 4.79 Å². The van der Waals surface area contributed by atoms with Gasteiger partial charge in [0.25, 0.3) is 0 Å². The van der Waals surface area contributed by atoms with Crippen molar-refractivity contribution in [3.05, 3.63) is 0 Å². The van der Waals surface area contributed by atoms with Gasteiger partial charge in [0.05, 0.1) is 18.1 Å². The highest BCUT2D eigenvalue weighted by Crippen LogP contribution is 2.16. The summed E-state index contributed by atoms with van der Waals surface area (Å²) in [5.74, 6) is 0.304. The summed E-state index contributed by atoms with van der Waals surface area (Å²) in [5.41, 5.74) is 0. The van der Waals surface area contributed by atoms with Gasteiger partial charge in [-0.25, -0.2) is 8.42 Å². The van der Waals surface area contributed by atoms with E-state index in [0.29, 0.717) is 13.0 Å². The number of unbranched alkanes of at least 4 members (excludes halogenated alkanes) is 2. The largest absolute Gasteiger partial charge is 0.341 e. The van der Waals surface area contributed by atoms with Gasteiger partial charge in [0, 0.05) is 13.1 Å². The summed E-state index contributed by atoms with van der Waals surface area (Å²) >= 11 is 0. The molecule has 1 amide bonds. The van der Waals surface area contributed by atoms with Crippen LogP contribution in [0.1, 0.15) is 32.6 Å². The van der Waals surface area contributed by atoms with Crippen molar-refractivity contribution >= 4 is 15.7 Å². The van der Waals surface area contributed by atoms with Crippen LogP contribution in [0.4, 0.5) is 0 Å². The molecule has 106 valence electrons. The minimum Gasteiger partial charge on any atom is -0.341 e. The van der Waals surface area contributed by atoms with Gasteiger partial charge >= 0.3 is 0 Å². The highest BCUT2D eigenvalue weighted by Gasteiger charge is 2.32. The zero-order valence-electron chi connectivity index (χ0n) is 11.3. The lowest BCUT2D eigenvalue weighted by Crippen LogP contribution is -2.42. The third-order valence-corrected chi connectivity index (χ3v) is 5.13. The molecule has 0 aromatic heterocycles. The second kappa shape index (κ2) is 7.09. The minimum absolute atomic E-state index is 0.0198. The Morgan fingerprint density at radius 2 is 2.11 bits per heavy atom. The number of rotatable bonds is 7. The molecule has 1 atom stereocenters. The summed E-state index contributed by atoms with van der Waals surface area (Å²) in [7, 11) is -1.22. The van der Waals surface area contributed by atoms with Gasteiger partial charge in [-0.2, -0.15) is 0 Å². The number of amides is 1. The molecule has 0 saturated carbocycles. The Kier molecular flexibility index (Phi) is 6.08. The fourth-order valence-electron chi connectivity index (χ4n) is 2.10. The van der Waals surface area contributed by atoms with Crippen LogP contribution < -0.4 is 5.32 Å². The lowest BCUT2D eigenvalue weighted by molar-refractivity contribution is -0.130. The van der Waals surface area contributed by atoms with Crippen molar-refractivity contribution in [1.29, 1.82) is 0 Å². The Morgan fingerprint density at radius 3 is 2.67 bits per heavy atom. The first-order chi connectivity index (χ1) is 8.46. The summed E-state index contributed by atoms with van der Waals surface area (Å²) in [6.45, 7) is 3.28. The minimum atomic E-state index is -2.92. The summed E-state index contributed by atoms with van der Waals surface area (Å²) in [5, 5.41) is 3.10. The van der Waals surface area contributed by atoms with Gasteiger partial charge in [-0.15, -0.1) is 0 Å². The summed E-state index contributed by atoms with van der Waals surface area (Å²) in [4.78, 5) is 13.4. The van der Waals surface area contributed by atoms with Crippen molar-refractivity contribution in [1.82, 2.24) is 10.2 Å². The van der Waals surface area contributed by atoms with Crippen molar-refractivity contribution < 1.29 is 13.2 Å². The number of sulfone groups is 1. The van der Waals surface area contributed by atoms with Crippen LogP contribution in [0.25, 0.3) is 0 Å². The molecule has 5 nitrogen and oxygen atoms in total. The zero-order chi connectivity index (χ0) is 13.6. The lowest BCUT2D eigenvalue weighted by Gasteiger charge is -2.23. The summed E-state index contributed by atoms with van der Waals surface area (Å²) in [6, 6.07) is -0.139. The topological polar surface area (TPSA) is 66.5 Å². The molecule has 0 aromatic rings. The second-order valence-corrected chi connectivity index (χ2v) is 7.17. The number of carbonyl (C=O) groups excluding carboxylic acids is 1. The standard InChI is InChI=1S/C12H24N2O3S/c1-3-4-5-7-13-9-12(15)14(2)11-6-8-18(16,17)10-11/h11,13H,3-10H2,1-2H3. The van der Waals surface area contributed by atoms with Crippen molar-refractivity contribution in [3.8, 4) is 0 Å². The Morgan fingerprint density at radius 1 is 1.39 bits per heavy atom. The molecule has 1 aliphatic heterocycles. The van der Waals surface area contributed by atoms with Gasteiger partial charge in [-0.1, -0.05) is 19.8 Å². The Balaban J connectivity index is 2.25. The Hall–Kier alpha value is -0.620. The van der Waals surface area contributed by atoms with E-state index in [2.05, 4.69) is 12.2 Å². The predicted molar refractivity (Wildman–Crippen MR) is 72.2 cm³/mol. The quantitative estimate of drug-likeness (QED) is 0.684. The fraction of sp³-hybridized carbons (Fsp3) is 0.917. The molecular formula is C12H24N2O3S. The molecule has 0 bridgehead atoms. The molecule has 1 N–H and O–H groups in total. The van der Waals surface area contributed by atoms with E-state index in [1.807, 2.05) is 0 Å².